The average molecular weight is 743 g/mol. The minimum atomic E-state index is 0.828. The zero-order valence-electron chi connectivity index (χ0n) is 31.3. The zero-order chi connectivity index (χ0) is 38.2. The van der Waals surface area contributed by atoms with Crippen LogP contribution in [0.2, 0.25) is 0 Å². The van der Waals surface area contributed by atoms with Gasteiger partial charge in [-0.1, -0.05) is 146 Å². The van der Waals surface area contributed by atoms with Gasteiger partial charge in [-0.3, -0.25) is 0 Å². The molecule has 272 valence electrons. The molecular formula is C54H34N2O2. The van der Waals surface area contributed by atoms with Crippen LogP contribution < -0.4 is 4.90 Å². The summed E-state index contributed by atoms with van der Waals surface area (Å²) >= 11 is 0. The van der Waals surface area contributed by atoms with Gasteiger partial charge in [-0.2, -0.15) is 0 Å². The molecule has 0 spiro atoms. The molecule has 0 saturated carbocycles. The molecule has 0 fully saturated rings. The molecule has 4 nitrogen and oxygen atoms in total. The van der Waals surface area contributed by atoms with Crippen molar-refractivity contribution in [1.82, 2.24) is 4.57 Å². The Balaban J connectivity index is 1.02. The molecule has 0 radical (unpaired) electrons. The highest BCUT2D eigenvalue weighted by Crippen LogP contribution is 2.46. The third-order valence-corrected chi connectivity index (χ3v) is 11.6. The molecule has 4 heteroatoms. The third-order valence-electron chi connectivity index (χ3n) is 11.6. The molecular weight excluding hydrogens is 709 g/mol. The Hall–Kier alpha value is -7.82. The monoisotopic (exact) mass is 742 g/mol. The van der Waals surface area contributed by atoms with E-state index in [2.05, 4.69) is 191 Å². The van der Waals surface area contributed by atoms with Crippen LogP contribution in [0, 0.1) is 0 Å². The molecule has 3 heterocycles. The normalized spacial score (nSPS) is 11.8. The smallest absolute Gasteiger partial charge is 0.159 e. The first-order valence-electron chi connectivity index (χ1n) is 19.7. The van der Waals surface area contributed by atoms with Crippen molar-refractivity contribution < 1.29 is 8.83 Å². The molecule has 0 amide bonds. The summed E-state index contributed by atoms with van der Waals surface area (Å²) in [6.45, 7) is 0. The van der Waals surface area contributed by atoms with Crippen LogP contribution in [0.25, 0.3) is 93.6 Å². The Labute approximate surface area is 334 Å². The van der Waals surface area contributed by atoms with Crippen LogP contribution in [-0.4, -0.2) is 4.57 Å². The van der Waals surface area contributed by atoms with Crippen LogP contribution in [-0.2, 0) is 0 Å². The average Bonchev–Trinajstić information content (AvgIpc) is 3.97. The molecule has 0 aliphatic rings. The summed E-state index contributed by atoms with van der Waals surface area (Å²) in [5, 5.41) is 6.82. The van der Waals surface area contributed by atoms with Gasteiger partial charge >= 0.3 is 0 Å². The fourth-order valence-corrected chi connectivity index (χ4v) is 8.99. The van der Waals surface area contributed by atoms with Crippen LogP contribution in [0.1, 0.15) is 0 Å². The summed E-state index contributed by atoms with van der Waals surface area (Å²) in [5.74, 6) is 0. The van der Waals surface area contributed by atoms with E-state index in [4.69, 9.17) is 8.83 Å². The Kier molecular flexibility index (Phi) is 7.20. The minimum Gasteiger partial charge on any atom is -0.454 e. The third kappa shape index (κ3) is 4.95. The van der Waals surface area contributed by atoms with E-state index in [1.54, 1.807) is 0 Å². The molecule has 0 saturated heterocycles. The lowest BCUT2D eigenvalue weighted by atomic mass is 9.93. The Bertz CT molecular complexity index is 3400. The second-order valence-electron chi connectivity index (χ2n) is 14.9. The molecule has 58 heavy (non-hydrogen) atoms. The molecule has 0 atom stereocenters. The Morgan fingerprint density at radius 3 is 1.50 bits per heavy atom. The lowest BCUT2D eigenvalue weighted by molar-refractivity contribution is 0.666. The first-order valence-corrected chi connectivity index (χ1v) is 19.7. The number of para-hydroxylation sites is 6. The quantitative estimate of drug-likeness (QED) is 0.170. The topological polar surface area (TPSA) is 34.5 Å². The highest BCUT2D eigenvalue weighted by atomic mass is 16.3. The highest BCUT2D eigenvalue weighted by Gasteiger charge is 2.23. The number of benzene rings is 9. The number of nitrogens with zero attached hydrogens (tertiary/aromatic N) is 2. The van der Waals surface area contributed by atoms with Crippen LogP contribution >= 0.6 is 0 Å². The number of rotatable bonds is 6. The van der Waals surface area contributed by atoms with Gasteiger partial charge in [0.05, 0.1) is 22.4 Å². The maximum Gasteiger partial charge on any atom is 0.159 e. The van der Waals surface area contributed by atoms with Crippen molar-refractivity contribution in [1.29, 1.82) is 0 Å². The number of anilines is 3. The van der Waals surface area contributed by atoms with Crippen LogP contribution in [0.3, 0.4) is 0 Å². The van der Waals surface area contributed by atoms with Gasteiger partial charge in [-0.15, -0.1) is 0 Å². The SMILES string of the molecule is c1ccc(-n2c3ccccc3c3ccc(-c4ccccc4-c4ccc(N(c5cccc6c5oc5ccccc56)c5cccc6c5oc5ccccc56)cc4)cc32)cc1. The van der Waals surface area contributed by atoms with E-state index < -0.39 is 0 Å². The summed E-state index contributed by atoms with van der Waals surface area (Å²) in [4.78, 5) is 2.28. The van der Waals surface area contributed by atoms with Gasteiger partial charge in [0.2, 0.25) is 0 Å². The summed E-state index contributed by atoms with van der Waals surface area (Å²) in [5.41, 5.74) is 14.4. The van der Waals surface area contributed by atoms with Crippen molar-refractivity contribution in [3.63, 3.8) is 0 Å². The van der Waals surface area contributed by atoms with Gasteiger partial charge < -0.3 is 18.3 Å². The number of hydrogen-bond acceptors (Lipinski definition) is 3. The van der Waals surface area contributed by atoms with Gasteiger partial charge in [0.15, 0.2) is 11.2 Å². The number of furan rings is 2. The fraction of sp³-hybridized carbons (Fsp3) is 0. The molecule has 3 aromatic heterocycles. The predicted octanol–water partition coefficient (Wildman–Crippen LogP) is 15.4. The zero-order valence-corrected chi connectivity index (χ0v) is 31.3. The summed E-state index contributed by atoms with van der Waals surface area (Å²) in [6.07, 6.45) is 0. The lowest BCUT2D eigenvalue weighted by Gasteiger charge is -2.26. The van der Waals surface area contributed by atoms with Gasteiger partial charge in [0, 0.05) is 43.7 Å². The first kappa shape index (κ1) is 32.4. The van der Waals surface area contributed by atoms with Gasteiger partial charge in [-0.25, -0.2) is 0 Å². The maximum absolute atomic E-state index is 6.65. The largest absolute Gasteiger partial charge is 0.454 e. The second-order valence-corrected chi connectivity index (χ2v) is 14.9. The number of hydrogen-bond donors (Lipinski definition) is 0. The Morgan fingerprint density at radius 2 is 0.845 bits per heavy atom. The van der Waals surface area contributed by atoms with Crippen molar-refractivity contribution in [2.45, 2.75) is 0 Å². The molecule has 9 aromatic carbocycles. The van der Waals surface area contributed by atoms with Crippen molar-refractivity contribution in [2.24, 2.45) is 0 Å². The van der Waals surface area contributed by atoms with Crippen molar-refractivity contribution in [3.8, 4) is 27.9 Å². The van der Waals surface area contributed by atoms with E-state index in [0.717, 1.165) is 72.2 Å². The lowest BCUT2D eigenvalue weighted by Crippen LogP contribution is -2.10. The molecule has 0 aliphatic heterocycles. The van der Waals surface area contributed by atoms with E-state index >= 15 is 0 Å². The van der Waals surface area contributed by atoms with Crippen LogP contribution in [0.4, 0.5) is 17.1 Å². The van der Waals surface area contributed by atoms with Gasteiger partial charge in [-0.05, 0) is 82.9 Å². The van der Waals surface area contributed by atoms with Crippen LogP contribution in [0.15, 0.2) is 215 Å². The van der Waals surface area contributed by atoms with Crippen molar-refractivity contribution >= 4 is 82.7 Å². The second kappa shape index (κ2) is 12.9. The van der Waals surface area contributed by atoms with Crippen molar-refractivity contribution in [2.75, 3.05) is 4.90 Å². The van der Waals surface area contributed by atoms with Gasteiger partial charge in [0.1, 0.15) is 11.2 Å². The summed E-state index contributed by atoms with van der Waals surface area (Å²) in [6, 6.07) is 73.1. The van der Waals surface area contributed by atoms with Crippen LogP contribution in [0.5, 0.6) is 0 Å². The van der Waals surface area contributed by atoms with E-state index in [1.165, 1.54) is 38.5 Å². The van der Waals surface area contributed by atoms with E-state index in [9.17, 15) is 0 Å². The first-order chi connectivity index (χ1) is 28.8. The summed E-state index contributed by atoms with van der Waals surface area (Å²) in [7, 11) is 0. The maximum atomic E-state index is 6.65. The summed E-state index contributed by atoms with van der Waals surface area (Å²) < 4.78 is 15.7. The minimum absolute atomic E-state index is 0.828. The highest BCUT2D eigenvalue weighted by molar-refractivity contribution is 6.14. The van der Waals surface area contributed by atoms with Gasteiger partial charge in [0.25, 0.3) is 0 Å². The van der Waals surface area contributed by atoms with E-state index in [1.807, 2.05) is 24.3 Å². The van der Waals surface area contributed by atoms with Crippen molar-refractivity contribution in [3.05, 3.63) is 206 Å². The molecule has 12 rings (SSSR count). The Morgan fingerprint density at radius 1 is 0.345 bits per heavy atom. The van der Waals surface area contributed by atoms with E-state index in [0.29, 0.717) is 0 Å². The molecule has 0 N–H and O–H groups in total. The van der Waals surface area contributed by atoms with E-state index in [-0.39, 0.29) is 0 Å². The number of fused-ring (bicyclic) bond motifs is 9. The standard InChI is InChI=1S/C54H34N2O2/c1-2-14-37(15-3-1)55-47-23-9-6-18-41(47)42-33-30-36(34-50(42)55)40-17-5-4-16-39(40)35-28-31-38(32-29-35)56(48-24-12-21-45-43-19-7-10-26-51(43)57-53(45)48)49-25-13-22-46-44-20-8-11-27-52(44)58-54(46)49/h1-34H. The fourth-order valence-electron chi connectivity index (χ4n) is 8.99. The molecule has 0 bridgehead atoms. The number of aromatic nitrogens is 1. The molecule has 12 aromatic rings. The predicted molar refractivity (Wildman–Crippen MR) is 241 cm³/mol. The molecule has 0 aliphatic carbocycles. The molecule has 0 unspecified atom stereocenters.